The Bertz CT molecular complexity index is 1030. The zero-order valence-electron chi connectivity index (χ0n) is 17.0. The zero-order chi connectivity index (χ0) is 21.8. The third-order valence-electron chi connectivity index (χ3n) is 5.36. The Morgan fingerprint density at radius 3 is 2.23 bits per heavy atom. The van der Waals surface area contributed by atoms with Crippen molar-refractivity contribution in [3.8, 4) is 0 Å². The number of benzene rings is 2. The van der Waals surface area contributed by atoms with E-state index in [0.29, 0.717) is 50.5 Å². The van der Waals surface area contributed by atoms with Crippen LogP contribution in [0.3, 0.4) is 0 Å². The number of rotatable bonds is 5. The number of amides is 1. The van der Waals surface area contributed by atoms with Crippen LogP contribution in [0.15, 0.2) is 54.6 Å². The van der Waals surface area contributed by atoms with Crippen molar-refractivity contribution < 1.29 is 27.5 Å². The molecule has 0 aromatic heterocycles. The van der Waals surface area contributed by atoms with E-state index in [0.717, 1.165) is 0 Å². The largest absolute Gasteiger partial charge is 0.444 e. The molecule has 0 unspecified atom stereocenters. The van der Waals surface area contributed by atoms with Crippen LogP contribution in [0.2, 0.25) is 0 Å². The van der Waals surface area contributed by atoms with Crippen molar-refractivity contribution in [3.05, 3.63) is 65.7 Å². The summed E-state index contributed by atoms with van der Waals surface area (Å²) in [5, 5.41) is 0. The highest BCUT2D eigenvalue weighted by Gasteiger charge is 2.31. The molecular weight excluding hydrogens is 420 g/mol. The first-order valence-electron chi connectivity index (χ1n) is 10.2. The lowest BCUT2D eigenvalue weighted by Crippen LogP contribution is -2.44. The average molecular weight is 445 g/mol. The van der Waals surface area contributed by atoms with Crippen LogP contribution in [-0.2, 0) is 24.3 Å². The Hall–Kier alpha value is -2.91. The number of hydrogen-bond donors (Lipinski definition) is 0. The van der Waals surface area contributed by atoms with Gasteiger partial charge in [0.15, 0.2) is 0 Å². The molecule has 2 aliphatic rings. The molecule has 0 aliphatic carbocycles. The van der Waals surface area contributed by atoms with Gasteiger partial charge in [-0.3, -0.25) is 9.10 Å². The van der Waals surface area contributed by atoms with E-state index in [1.807, 2.05) is 6.07 Å². The molecule has 8 nitrogen and oxygen atoms in total. The number of nitrogens with zero attached hydrogens (tertiary/aromatic N) is 2. The van der Waals surface area contributed by atoms with Crippen LogP contribution in [0, 0.1) is 0 Å². The van der Waals surface area contributed by atoms with Gasteiger partial charge >= 0.3 is 5.97 Å². The molecule has 0 N–H and O–H groups in total. The minimum absolute atomic E-state index is 0.124. The maximum absolute atomic E-state index is 13.1. The molecule has 0 radical (unpaired) electrons. The SMILES string of the molecule is O=C(O[C@H](C(=O)N1CCOCC1)c1ccccc1)c1ccc(N2CCCS2(=O)=O)cc1. The molecular formula is C22H24N2O6S. The van der Waals surface area contributed by atoms with Gasteiger partial charge in [-0.2, -0.15) is 0 Å². The van der Waals surface area contributed by atoms with Crippen molar-refractivity contribution >= 4 is 27.6 Å². The highest BCUT2D eigenvalue weighted by Crippen LogP contribution is 2.26. The van der Waals surface area contributed by atoms with E-state index in [4.69, 9.17) is 9.47 Å². The van der Waals surface area contributed by atoms with Crippen molar-refractivity contribution in [2.45, 2.75) is 12.5 Å². The number of carbonyl (C=O) groups excluding carboxylic acids is 2. The van der Waals surface area contributed by atoms with Crippen LogP contribution in [0.25, 0.3) is 0 Å². The van der Waals surface area contributed by atoms with Crippen molar-refractivity contribution in [3.63, 3.8) is 0 Å². The standard InChI is InChI=1S/C22H24N2O6S/c25-21(23-12-14-29-15-13-23)20(17-5-2-1-3-6-17)30-22(26)18-7-9-19(10-8-18)24-11-4-16-31(24,27)28/h1-3,5-10,20H,4,11-16H2/t20-/m0/s1. The van der Waals surface area contributed by atoms with Crippen molar-refractivity contribution in [1.82, 2.24) is 4.90 Å². The average Bonchev–Trinajstić information content (AvgIpc) is 3.17. The van der Waals surface area contributed by atoms with Gasteiger partial charge in [-0.05, 0) is 30.7 Å². The molecule has 1 amide bonds. The van der Waals surface area contributed by atoms with Gasteiger partial charge < -0.3 is 14.4 Å². The normalized spacial score (nSPS) is 19.1. The number of ether oxygens (including phenoxy) is 2. The van der Waals surface area contributed by atoms with Gasteiger partial charge in [0.2, 0.25) is 16.1 Å². The first-order valence-corrected chi connectivity index (χ1v) is 11.8. The summed E-state index contributed by atoms with van der Waals surface area (Å²) in [6, 6.07) is 15.1. The van der Waals surface area contributed by atoms with Gasteiger partial charge in [-0.1, -0.05) is 30.3 Å². The van der Waals surface area contributed by atoms with Gasteiger partial charge in [-0.15, -0.1) is 0 Å². The molecule has 2 saturated heterocycles. The molecule has 2 fully saturated rings. The second-order valence-corrected chi connectivity index (χ2v) is 9.44. The fourth-order valence-corrected chi connectivity index (χ4v) is 5.27. The molecule has 2 aromatic rings. The smallest absolute Gasteiger partial charge is 0.339 e. The minimum Gasteiger partial charge on any atom is -0.444 e. The molecule has 0 saturated carbocycles. The number of esters is 1. The number of anilines is 1. The summed E-state index contributed by atoms with van der Waals surface area (Å²) < 4.78 is 36.5. The maximum Gasteiger partial charge on any atom is 0.339 e. The maximum atomic E-state index is 13.1. The van der Waals surface area contributed by atoms with Crippen molar-refractivity contribution in [2.24, 2.45) is 0 Å². The quantitative estimate of drug-likeness (QED) is 0.655. The summed E-state index contributed by atoms with van der Waals surface area (Å²) in [4.78, 5) is 27.5. The molecule has 2 aliphatic heterocycles. The Balaban J connectivity index is 1.52. The number of carbonyl (C=O) groups is 2. The van der Waals surface area contributed by atoms with Gasteiger partial charge in [0, 0.05) is 25.2 Å². The van der Waals surface area contributed by atoms with Gasteiger partial charge in [-0.25, -0.2) is 13.2 Å². The van der Waals surface area contributed by atoms with Gasteiger partial charge in [0.05, 0.1) is 30.2 Å². The second-order valence-electron chi connectivity index (χ2n) is 7.42. The lowest BCUT2D eigenvalue weighted by Gasteiger charge is -2.30. The molecule has 0 bridgehead atoms. The van der Waals surface area contributed by atoms with E-state index in [9.17, 15) is 18.0 Å². The monoisotopic (exact) mass is 444 g/mol. The molecule has 2 aromatic carbocycles. The Labute approximate surface area is 181 Å². The highest BCUT2D eigenvalue weighted by atomic mass is 32.2. The second kappa shape index (κ2) is 9.07. The lowest BCUT2D eigenvalue weighted by atomic mass is 10.1. The first-order chi connectivity index (χ1) is 15.0. The fraction of sp³-hybridized carbons (Fsp3) is 0.364. The molecule has 164 valence electrons. The van der Waals surface area contributed by atoms with Crippen LogP contribution < -0.4 is 4.31 Å². The lowest BCUT2D eigenvalue weighted by molar-refractivity contribution is -0.145. The van der Waals surface area contributed by atoms with Gasteiger partial charge in [0.1, 0.15) is 0 Å². The molecule has 2 heterocycles. The van der Waals surface area contributed by atoms with E-state index >= 15 is 0 Å². The Kier molecular flexibility index (Phi) is 6.24. The summed E-state index contributed by atoms with van der Waals surface area (Å²) >= 11 is 0. The van der Waals surface area contributed by atoms with E-state index in [1.165, 1.54) is 16.4 Å². The minimum atomic E-state index is -3.30. The molecule has 0 spiro atoms. The summed E-state index contributed by atoms with van der Waals surface area (Å²) in [6.07, 6.45) is -0.487. The third kappa shape index (κ3) is 4.72. The predicted molar refractivity (Wildman–Crippen MR) is 114 cm³/mol. The first kappa shape index (κ1) is 21.3. The topological polar surface area (TPSA) is 93.2 Å². The molecule has 4 rings (SSSR count). The summed E-state index contributed by atoms with van der Waals surface area (Å²) in [5.41, 5.74) is 1.35. The summed E-state index contributed by atoms with van der Waals surface area (Å²) in [5.74, 6) is -0.812. The molecule has 1 atom stereocenters. The van der Waals surface area contributed by atoms with Crippen LogP contribution in [0.4, 0.5) is 5.69 Å². The van der Waals surface area contributed by atoms with Crippen LogP contribution >= 0.6 is 0 Å². The van der Waals surface area contributed by atoms with E-state index in [-0.39, 0.29) is 17.2 Å². The number of sulfonamides is 1. The van der Waals surface area contributed by atoms with Crippen LogP contribution in [-0.4, -0.2) is 63.8 Å². The number of hydrogen-bond acceptors (Lipinski definition) is 6. The van der Waals surface area contributed by atoms with Crippen molar-refractivity contribution in [2.75, 3.05) is 42.9 Å². The third-order valence-corrected chi connectivity index (χ3v) is 7.23. The van der Waals surface area contributed by atoms with E-state index in [2.05, 4.69) is 0 Å². The summed E-state index contributed by atoms with van der Waals surface area (Å²) in [6.45, 7) is 2.21. The fourth-order valence-electron chi connectivity index (χ4n) is 3.71. The highest BCUT2D eigenvalue weighted by molar-refractivity contribution is 7.93. The van der Waals surface area contributed by atoms with E-state index < -0.39 is 22.1 Å². The van der Waals surface area contributed by atoms with E-state index in [1.54, 1.807) is 41.3 Å². The Morgan fingerprint density at radius 2 is 1.61 bits per heavy atom. The molecule has 9 heteroatoms. The molecule has 31 heavy (non-hydrogen) atoms. The zero-order valence-corrected chi connectivity index (χ0v) is 17.8. The van der Waals surface area contributed by atoms with Crippen LogP contribution in [0.5, 0.6) is 0 Å². The number of morpholine rings is 1. The predicted octanol–water partition coefficient (Wildman–Crippen LogP) is 1.98. The van der Waals surface area contributed by atoms with Crippen molar-refractivity contribution in [1.29, 1.82) is 0 Å². The van der Waals surface area contributed by atoms with Crippen LogP contribution in [0.1, 0.15) is 28.4 Å². The van der Waals surface area contributed by atoms with Gasteiger partial charge in [0.25, 0.3) is 5.91 Å². The summed E-state index contributed by atoms with van der Waals surface area (Å²) in [7, 11) is -3.30. The Morgan fingerprint density at radius 1 is 0.935 bits per heavy atom.